The first-order valence-electron chi connectivity index (χ1n) is 6.75. The van der Waals surface area contributed by atoms with Gasteiger partial charge in [0.2, 0.25) is 5.56 Å². The normalized spacial score (nSPS) is 10.6. The summed E-state index contributed by atoms with van der Waals surface area (Å²) in [4.78, 5) is 28.6. The number of aromatic nitrogens is 1. The lowest BCUT2D eigenvalue weighted by molar-refractivity contribution is 0.0994. The Labute approximate surface area is 126 Å². The molecule has 0 saturated heterocycles. The summed E-state index contributed by atoms with van der Waals surface area (Å²) in [7, 11) is 1.65. The summed E-state index contributed by atoms with van der Waals surface area (Å²) in [5, 5.41) is 10.2. The maximum Gasteiger partial charge on any atom is 0.258 e. The molecule has 3 aromatic rings. The highest BCUT2D eigenvalue weighted by atomic mass is 16.3. The number of fused-ring (bicyclic) bond motifs is 1. The fraction of sp³-hybridized carbons (Fsp3) is 0.0588. The molecule has 1 amide bonds. The number of amides is 1. The van der Waals surface area contributed by atoms with E-state index >= 15 is 0 Å². The summed E-state index contributed by atoms with van der Waals surface area (Å²) in [6, 6.07) is 14.9. The van der Waals surface area contributed by atoms with Gasteiger partial charge in [0.05, 0.1) is 5.56 Å². The van der Waals surface area contributed by atoms with E-state index < -0.39 is 0 Å². The summed E-state index contributed by atoms with van der Waals surface area (Å²) in [6.45, 7) is 0. The third-order valence-corrected chi connectivity index (χ3v) is 3.51. The molecule has 0 spiro atoms. The van der Waals surface area contributed by atoms with Crippen molar-refractivity contribution in [3.05, 3.63) is 70.5 Å². The molecule has 1 aromatic heterocycles. The minimum atomic E-state index is -0.358. The number of benzene rings is 2. The van der Waals surface area contributed by atoms with Gasteiger partial charge in [0.25, 0.3) is 5.91 Å². The van der Waals surface area contributed by atoms with Crippen molar-refractivity contribution in [3.63, 3.8) is 0 Å². The van der Waals surface area contributed by atoms with Crippen molar-refractivity contribution in [1.29, 1.82) is 0 Å². The highest BCUT2D eigenvalue weighted by Crippen LogP contribution is 2.23. The van der Waals surface area contributed by atoms with Gasteiger partial charge in [0, 0.05) is 29.7 Å². The molecule has 0 atom stereocenters. The van der Waals surface area contributed by atoms with Gasteiger partial charge in [0.15, 0.2) is 0 Å². The SMILES string of the molecule is CN(C(=O)c1cc(=O)[nH]c2ccc(O)cc12)c1ccccc1. The lowest BCUT2D eigenvalue weighted by atomic mass is 10.1. The largest absolute Gasteiger partial charge is 0.508 e. The van der Waals surface area contributed by atoms with Crippen LogP contribution >= 0.6 is 0 Å². The molecule has 0 unspecified atom stereocenters. The molecule has 0 bridgehead atoms. The molecular weight excluding hydrogens is 280 g/mol. The predicted octanol–water partition coefficient (Wildman–Crippen LogP) is 2.51. The van der Waals surface area contributed by atoms with Gasteiger partial charge in [-0.25, -0.2) is 0 Å². The molecule has 2 aromatic carbocycles. The maximum atomic E-state index is 12.7. The van der Waals surface area contributed by atoms with Crippen molar-refractivity contribution in [1.82, 2.24) is 4.98 Å². The molecule has 0 aliphatic heterocycles. The third-order valence-electron chi connectivity index (χ3n) is 3.51. The third kappa shape index (κ3) is 2.44. The summed E-state index contributed by atoms with van der Waals surface area (Å²) < 4.78 is 0. The molecule has 3 rings (SSSR count). The zero-order chi connectivity index (χ0) is 15.7. The molecule has 0 aliphatic carbocycles. The lowest BCUT2D eigenvalue weighted by Gasteiger charge is -2.18. The molecule has 5 nitrogen and oxygen atoms in total. The molecule has 0 saturated carbocycles. The minimum absolute atomic E-state index is 0.0379. The topological polar surface area (TPSA) is 73.4 Å². The van der Waals surface area contributed by atoms with Crippen molar-refractivity contribution in [2.24, 2.45) is 0 Å². The summed E-state index contributed by atoms with van der Waals surface area (Å²) >= 11 is 0. The second-order valence-electron chi connectivity index (χ2n) is 4.98. The molecular formula is C17H14N2O3. The van der Waals surface area contributed by atoms with E-state index in [-0.39, 0.29) is 22.8 Å². The average Bonchev–Trinajstić information content (AvgIpc) is 2.54. The van der Waals surface area contributed by atoms with E-state index in [0.29, 0.717) is 10.9 Å². The Bertz CT molecular complexity index is 901. The highest BCUT2D eigenvalue weighted by Gasteiger charge is 2.17. The Morgan fingerprint density at radius 1 is 1.09 bits per heavy atom. The molecule has 0 fully saturated rings. The van der Waals surface area contributed by atoms with E-state index in [2.05, 4.69) is 4.98 Å². The van der Waals surface area contributed by atoms with Gasteiger partial charge in [0.1, 0.15) is 5.75 Å². The van der Waals surface area contributed by atoms with E-state index in [1.165, 1.54) is 23.1 Å². The number of phenols is 1. The van der Waals surface area contributed by atoms with Crippen LogP contribution in [0.1, 0.15) is 10.4 Å². The Hall–Kier alpha value is -3.08. The van der Waals surface area contributed by atoms with Crippen LogP contribution in [0.15, 0.2) is 59.4 Å². The first kappa shape index (κ1) is 13.9. The van der Waals surface area contributed by atoms with Crippen molar-refractivity contribution < 1.29 is 9.90 Å². The van der Waals surface area contributed by atoms with Gasteiger partial charge >= 0.3 is 0 Å². The van der Waals surface area contributed by atoms with Gasteiger partial charge in [-0.2, -0.15) is 0 Å². The summed E-state index contributed by atoms with van der Waals surface area (Å²) in [5.74, 6) is -0.274. The highest BCUT2D eigenvalue weighted by molar-refractivity contribution is 6.13. The summed E-state index contributed by atoms with van der Waals surface area (Å²) in [5.41, 5.74) is 1.13. The summed E-state index contributed by atoms with van der Waals surface area (Å²) in [6.07, 6.45) is 0. The van der Waals surface area contributed by atoms with Crippen LogP contribution in [0.25, 0.3) is 10.9 Å². The Morgan fingerprint density at radius 2 is 1.82 bits per heavy atom. The molecule has 1 heterocycles. The van der Waals surface area contributed by atoms with Crippen LogP contribution < -0.4 is 10.5 Å². The number of hydrogen-bond acceptors (Lipinski definition) is 3. The first-order valence-corrected chi connectivity index (χ1v) is 6.75. The fourth-order valence-electron chi connectivity index (χ4n) is 2.37. The Morgan fingerprint density at radius 3 is 2.55 bits per heavy atom. The van der Waals surface area contributed by atoms with E-state index in [1.807, 2.05) is 30.3 Å². The standard InChI is InChI=1S/C17H14N2O3/c1-19(11-5-3-2-4-6-11)17(22)14-10-16(21)18-15-8-7-12(20)9-13(14)15/h2-10,20H,1H3,(H,18,21). The molecule has 5 heteroatoms. The molecule has 22 heavy (non-hydrogen) atoms. The number of nitrogens with zero attached hydrogens (tertiary/aromatic N) is 1. The molecule has 110 valence electrons. The second-order valence-corrected chi connectivity index (χ2v) is 4.98. The monoisotopic (exact) mass is 294 g/mol. The number of H-pyrrole nitrogens is 1. The van der Waals surface area contributed by atoms with Crippen LogP contribution in [-0.2, 0) is 0 Å². The minimum Gasteiger partial charge on any atom is -0.508 e. The molecule has 0 aliphatic rings. The number of hydrogen-bond donors (Lipinski definition) is 2. The first-order chi connectivity index (χ1) is 10.6. The number of carbonyl (C=O) groups is 1. The zero-order valence-corrected chi connectivity index (χ0v) is 11.9. The van der Waals surface area contributed by atoms with Crippen LogP contribution in [0.2, 0.25) is 0 Å². The maximum absolute atomic E-state index is 12.7. The van der Waals surface area contributed by atoms with Gasteiger partial charge < -0.3 is 15.0 Å². The number of para-hydroxylation sites is 1. The quantitative estimate of drug-likeness (QED) is 0.762. The molecule has 2 N–H and O–H groups in total. The number of anilines is 1. The van der Waals surface area contributed by atoms with Crippen LogP contribution in [0.4, 0.5) is 5.69 Å². The fourth-order valence-corrected chi connectivity index (χ4v) is 2.37. The predicted molar refractivity (Wildman–Crippen MR) is 85.4 cm³/mol. The van der Waals surface area contributed by atoms with E-state index in [0.717, 1.165) is 5.69 Å². The number of rotatable bonds is 2. The van der Waals surface area contributed by atoms with Crippen molar-refractivity contribution >= 4 is 22.5 Å². The number of nitrogens with one attached hydrogen (secondary N) is 1. The number of aromatic hydroxyl groups is 1. The Balaban J connectivity index is 2.15. The van der Waals surface area contributed by atoms with Gasteiger partial charge in [-0.15, -0.1) is 0 Å². The van der Waals surface area contributed by atoms with Crippen molar-refractivity contribution in [2.45, 2.75) is 0 Å². The van der Waals surface area contributed by atoms with E-state index in [4.69, 9.17) is 0 Å². The van der Waals surface area contributed by atoms with Crippen LogP contribution in [-0.4, -0.2) is 23.0 Å². The van der Waals surface area contributed by atoms with Gasteiger partial charge in [-0.1, -0.05) is 18.2 Å². The van der Waals surface area contributed by atoms with Gasteiger partial charge in [-0.05, 0) is 30.3 Å². The second kappa shape index (κ2) is 5.37. The van der Waals surface area contributed by atoms with Crippen LogP contribution in [0.5, 0.6) is 5.75 Å². The van der Waals surface area contributed by atoms with E-state index in [9.17, 15) is 14.7 Å². The van der Waals surface area contributed by atoms with Crippen molar-refractivity contribution in [2.75, 3.05) is 11.9 Å². The lowest BCUT2D eigenvalue weighted by Crippen LogP contribution is -2.27. The smallest absolute Gasteiger partial charge is 0.258 e. The average molecular weight is 294 g/mol. The van der Waals surface area contributed by atoms with Gasteiger partial charge in [-0.3, -0.25) is 9.59 Å². The number of phenolic OH excluding ortho intramolecular Hbond substituents is 1. The number of carbonyl (C=O) groups excluding carboxylic acids is 1. The van der Waals surface area contributed by atoms with E-state index in [1.54, 1.807) is 13.1 Å². The Kier molecular flexibility index (Phi) is 3.39. The van der Waals surface area contributed by atoms with Crippen LogP contribution in [0, 0.1) is 0 Å². The van der Waals surface area contributed by atoms with Crippen LogP contribution in [0.3, 0.4) is 0 Å². The molecule has 0 radical (unpaired) electrons. The zero-order valence-electron chi connectivity index (χ0n) is 11.9. The van der Waals surface area contributed by atoms with Crippen molar-refractivity contribution in [3.8, 4) is 5.75 Å². The number of aromatic amines is 1. The number of pyridine rings is 1.